The summed E-state index contributed by atoms with van der Waals surface area (Å²) in [6, 6.07) is 8.41. The Kier molecular flexibility index (Phi) is 5.01. The lowest BCUT2D eigenvalue weighted by Gasteiger charge is -2.33. The van der Waals surface area contributed by atoms with Gasteiger partial charge in [0.15, 0.2) is 11.4 Å². The molecular formula is C18H21NO4. The van der Waals surface area contributed by atoms with Crippen LogP contribution in [0.2, 0.25) is 0 Å². The molecule has 0 aliphatic heterocycles. The molecule has 1 aliphatic rings. The van der Waals surface area contributed by atoms with E-state index < -0.39 is 23.3 Å². The van der Waals surface area contributed by atoms with E-state index in [9.17, 15) is 19.8 Å². The zero-order valence-corrected chi connectivity index (χ0v) is 13.3. The third-order valence-electron chi connectivity index (χ3n) is 4.11. The molecule has 0 spiro atoms. The number of carboxylic acid groups (broad SMARTS) is 1. The minimum Gasteiger partial charge on any atom is -0.479 e. The molecule has 0 radical (unpaired) electrons. The molecule has 1 aliphatic carbocycles. The molecule has 23 heavy (non-hydrogen) atoms. The summed E-state index contributed by atoms with van der Waals surface area (Å²) in [6.45, 7) is 5.25. The molecule has 2 rings (SSSR count). The molecule has 0 heterocycles. The van der Waals surface area contributed by atoms with Crippen molar-refractivity contribution in [2.24, 2.45) is 5.92 Å². The summed E-state index contributed by atoms with van der Waals surface area (Å²) in [5.41, 5.74) is -1.27. The van der Waals surface area contributed by atoms with Gasteiger partial charge in [0.25, 0.3) is 0 Å². The van der Waals surface area contributed by atoms with Gasteiger partial charge in [-0.15, -0.1) is 0 Å². The van der Waals surface area contributed by atoms with E-state index >= 15 is 0 Å². The first-order valence-electron chi connectivity index (χ1n) is 7.65. The van der Waals surface area contributed by atoms with Crippen LogP contribution in [0.25, 0.3) is 0 Å². The van der Waals surface area contributed by atoms with Crippen molar-refractivity contribution < 1.29 is 19.8 Å². The van der Waals surface area contributed by atoms with Gasteiger partial charge in [-0.3, -0.25) is 4.79 Å². The predicted octanol–water partition coefficient (Wildman–Crippen LogP) is 2.10. The number of benzene rings is 1. The number of carboxylic acids is 1. The highest BCUT2D eigenvalue weighted by Gasteiger charge is 2.47. The molecule has 2 unspecified atom stereocenters. The summed E-state index contributed by atoms with van der Waals surface area (Å²) < 4.78 is 0. The van der Waals surface area contributed by atoms with Crippen molar-refractivity contribution in [2.75, 3.05) is 13.1 Å². The lowest BCUT2D eigenvalue weighted by molar-refractivity contribution is -0.155. The van der Waals surface area contributed by atoms with Crippen molar-refractivity contribution >= 4 is 11.8 Å². The lowest BCUT2D eigenvalue weighted by Crippen LogP contribution is -2.49. The van der Waals surface area contributed by atoms with Crippen LogP contribution in [0.3, 0.4) is 0 Å². The van der Waals surface area contributed by atoms with Crippen molar-refractivity contribution in [1.29, 1.82) is 0 Å². The largest absolute Gasteiger partial charge is 0.479 e. The zero-order chi connectivity index (χ0) is 17.0. The first kappa shape index (κ1) is 17.0. The molecule has 5 heteroatoms. The fourth-order valence-corrected chi connectivity index (χ4v) is 2.75. The van der Waals surface area contributed by atoms with E-state index in [1.165, 1.54) is 12.2 Å². The number of hydrogen-bond donors (Lipinski definition) is 2. The van der Waals surface area contributed by atoms with Crippen molar-refractivity contribution in [3.63, 3.8) is 0 Å². The molecular weight excluding hydrogens is 294 g/mol. The Morgan fingerprint density at radius 1 is 1.17 bits per heavy atom. The summed E-state index contributed by atoms with van der Waals surface area (Å²) in [7, 11) is 0. The number of rotatable bonds is 6. The highest BCUT2D eigenvalue weighted by molar-refractivity contribution is 6.03. The van der Waals surface area contributed by atoms with Gasteiger partial charge in [-0.05, 0) is 26.0 Å². The van der Waals surface area contributed by atoms with Crippen LogP contribution < -0.4 is 0 Å². The van der Waals surface area contributed by atoms with E-state index in [0.717, 1.165) is 0 Å². The first-order chi connectivity index (χ1) is 10.9. The smallest absolute Gasteiger partial charge is 0.340 e. The van der Waals surface area contributed by atoms with Gasteiger partial charge in [-0.2, -0.15) is 0 Å². The van der Waals surface area contributed by atoms with Crippen LogP contribution >= 0.6 is 0 Å². The molecule has 0 saturated carbocycles. The number of aliphatic carboxylic acids is 1. The van der Waals surface area contributed by atoms with E-state index in [4.69, 9.17) is 0 Å². The molecule has 0 saturated heterocycles. The monoisotopic (exact) mass is 315 g/mol. The van der Waals surface area contributed by atoms with Gasteiger partial charge in [-0.1, -0.05) is 36.4 Å². The van der Waals surface area contributed by atoms with Gasteiger partial charge in [0, 0.05) is 24.4 Å². The number of hydrogen-bond acceptors (Lipinski definition) is 4. The van der Waals surface area contributed by atoms with E-state index in [2.05, 4.69) is 0 Å². The standard InChI is InChI=1S/C18H21NO4/c1-3-19(4-2)14-10-11-15(18(23,12-14)17(21)22)16(20)13-8-6-5-7-9-13/h5-12,15,23H,3-4H2,1-2H3,(H,21,22). The summed E-state index contributed by atoms with van der Waals surface area (Å²) in [4.78, 5) is 26.2. The first-order valence-corrected chi connectivity index (χ1v) is 7.65. The summed E-state index contributed by atoms with van der Waals surface area (Å²) >= 11 is 0. The summed E-state index contributed by atoms with van der Waals surface area (Å²) in [5, 5.41) is 20.2. The highest BCUT2D eigenvalue weighted by Crippen LogP contribution is 2.31. The Hall–Kier alpha value is -2.40. The maximum atomic E-state index is 12.6. The van der Waals surface area contributed by atoms with Crippen LogP contribution in [0, 0.1) is 5.92 Å². The molecule has 122 valence electrons. The third kappa shape index (κ3) is 3.19. The van der Waals surface area contributed by atoms with Crippen molar-refractivity contribution in [1.82, 2.24) is 4.90 Å². The van der Waals surface area contributed by atoms with Crippen LogP contribution in [0.4, 0.5) is 0 Å². The number of aliphatic hydroxyl groups is 1. The van der Waals surface area contributed by atoms with Crippen LogP contribution in [0.5, 0.6) is 0 Å². The summed E-state index contributed by atoms with van der Waals surface area (Å²) in [5.74, 6) is -3.00. The van der Waals surface area contributed by atoms with E-state index in [-0.39, 0.29) is 0 Å². The Labute approximate surface area is 135 Å². The molecule has 2 N–H and O–H groups in total. The van der Waals surface area contributed by atoms with Crippen LogP contribution in [-0.2, 0) is 4.79 Å². The van der Waals surface area contributed by atoms with Crippen molar-refractivity contribution in [2.45, 2.75) is 19.4 Å². The average Bonchev–Trinajstić information content (AvgIpc) is 2.56. The molecule has 0 bridgehead atoms. The molecule has 5 nitrogen and oxygen atoms in total. The Balaban J connectivity index is 2.41. The number of likely N-dealkylation sites (N-methyl/N-ethyl adjacent to an activating group) is 1. The van der Waals surface area contributed by atoms with E-state index in [0.29, 0.717) is 24.4 Å². The van der Waals surface area contributed by atoms with Crippen molar-refractivity contribution in [3.05, 3.63) is 59.8 Å². The SMILES string of the molecule is CCN(CC)C1=CC(O)(C(=O)O)C(C(=O)c2ccccc2)C=C1. The van der Waals surface area contributed by atoms with Gasteiger partial charge >= 0.3 is 5.97 Å². The van der Waals surface area contributed by atoms with E-state index in [1.54, 1.807) is 36.4 Å². The number of carbonyl (C=O) groups excluding carboxylic acids is 1. The number of nitrogens with zero attached hydrogens (tertiary/aromatic N) is 1. The van der Waals surface area contributed by atoms with Crippen molar-refractivity contribution in [3.8, 4) is 0 Å². The number of Topliss-reactive ketones (excluding diaryl/α,β-unsaturated/α-hetero) is 1. The highest BCUT2D eigenvalue weighted by atomic mass is 16.4. The van der Waals surface area contributed by atoms with Crippen LogP contribution in [0.15, 0.2) is 54.3 Å². The molecule has 1 aromatic rings. The second kappa shape index (κ2) is 6.79. The van der Waals surface area contributed by atoms with Gasteiger partial charge in [-0.25, -0.2) is 4.79 Å². The van der Waals surface area contributed by atoms with Gasteiger partial charge in [0.05, 0.1) is 5.92 Å². The zero-order valence-electron chi connectivity index (χ0n) is 13.3. The van der Waals surface area contributed by atoms with Gasteiger partial charge < -0.3 is 15.1 Å². The molecule has 0 aromatic heterocycles. The Bertz CT molecular complexity index is 646. The predicted molar refractivity (Wildman–Crippen MR) is 87.0 cm³/mol. The molecule has 0 amide bonds. The maximum absolute atomic E-state index is 12.6. The van der Waals surface area contributed by atoms with Gasteiger partial charge in [0.1, 0.15) is 0 Å². The normalized spacial score (nSPS) is 23.3. The number of carbonyl (C=O) groups is 2. The second-order valence-electron chi connectivity index (χ2n) is 5.44. The number of ketones is 1. The Morgan fingerprint density at radius 2 is 1.78 bits per heavy atom. The minimum atomic E-state index is -2.25. The third-order valence-corrected chi connectivity index (χ3v) is 4.11. The van der Waals surface area contributed by atoms with Gasteiger partial charge in [0.2, 0.25) is 0 Å². The molecule has 1 aromatic carbocycles. The van der Waals surface area contributed by atoms with Crippen LogP contribution in [-0.4, -0.2) is 45.6 Å². The van der Waals surface area contributed by atoms with E-state index in [1.807, 2.05) is 18.7 Å². The topological polar surface area (TPSA) is 77.8 Å². The van der Waals surface area contributed by atoms with Crippen LogP contribution in [0.1, 0.15) is 24.2 Å². The maximum Gasteiger partial charge on any atom is 0.340 e. The average molecular weight is 315 g/mol. The fraction of sp³-hybridized carbons (Fsp3) is 0.333. The second-order valence-corrected chi connectivity index (χ2v) is 5.44. The fourth-order valence-electron chi connectivity index (χ4n) is 2.75. The summed E-state index contributed by atoms with van der Waals surface area (Å²) in [6.07, 6.45) is 4.46. The molecule has 0 fully saturated rings. The number of allylic oxidation sites excluding steroid dienone is 1. The minimum absolute atomic E-state index is 0.376. The quantitative estimate of drug-likeness (QED) is 0.786. The molecule has 2 atom stereocenters. The lowest BCUT2D eigenvalue weighted by atomic mass is 9.78. The Morgan fingerprint density at radius 3 is 2.30 bits per heavy atom.